The second kappa shape index (κ2) is 9.66. The number of benzene rings is 3. The van der Waals surface area contributed by atoms with Gasteiger partial charge in [-0.15, -0.1) is 11.8 Å². The molecule has 0 N–H and O–H groups in total. The molecular formula is C25H25NO2S. The van der Waals surface area contributed by atoms with Crippen LogP contribution in [0.2, 0.25) is 0 Å². The van der Waals surface area contributed by atoms with E-state index in [9.17, 15) is 4.79 Å². The van der Waals surface area contributed by atoms with Gasteiger partial charge in [0.25, 0.3) is 0 Å². The van der Waals surface area contributed by atoms with E-state index < -0.39 is 0 Å². The Kier molecular flexibility index (Phi) is 6.52. The Morgan fingerprint density at radius 2 is 1.66 bits per heavy atom. The van der Waals surface area contributed by atoms with E-state index in [2.05, 4.69) is 36.4 Å². The summed E-state index contributed by atoms with van der Waals surface area (Å²) in [5, 5.41) is 0.0681. The third kappa shape index (κ3) is 5.21. The molecule has 3 aromatic carbocycles. The first-order valence-electron chi connectivity index (χ1n) is 10.0. The molecule has 0 saturated carbocycles. The number of thioether (sulfide) groups is 1. The van der Waals surface area contributed by atoms with Crippen LogP contribution < -0.4 is 4.74 Å². The smallest absolute Gasteiger partial charge is 0.224 e. The van der Waals surface area contributed by atoms with Gasteiger partial charge in [-0.25, -0.2) is 0 Å². The van der Waals surface area contributed by atoms with E-state index in [1.165, 1.54) is 5.56 Å². The molecule has 148 valence electrons. The molecule has 4 rings (SSSR count). The van der Waals surface area contributed by atoms with E-state index in [1.54, 1.807) is 0 Å². The van der Waals surface area contributed by atoms with E-state index >= 15 is 0 Å². The Hall–Kier alpha value is -2.72. The van der Waals surface area contributed by atoms with E-state index in [0.717, 1.165) is 35.6 Å². The van der Waals surface area contributed by atoms with Crippen LogP contribution in [0.1, 0.15) is 28.5 Å². The second-order valence-corrected chi connectivity index (χ2v) is 8.33. The zero-order valence-corrected chi connectivity index (χ0v) is 17.2. The highest BCUT2D eigenvalue weighted by molar-refractivity contribution is 7.99. The lowest BCUT2D eigenvalue weighted by molar-refractivity contribution is -0.131. The Balaban J connectivity index is 1.39. The lowest BCUT2D eigenvalue weighted by Gasteiger charge is -2.24. The molecule has 3 nitrogen and oxygen atoms in total. The minimum absolute atomic E-state index is 0.0681. The highest BCUT2D eigenvalue weighted by atomic mass is 32.2. The number of aryl methyl sites for hydroxylation is 1. The first-order valence-corrected chi connectivity index (χ1v) is 11.1. The lowest BCUT2D eigenvalue weighted by Crippen LogP contribution is -2.30. The highest BCUT2D eigenvalue weighted by Gasteiger charge is 2.30. The molecule has 1 unspecified atom stereocenters. The van der Waals surface area contributed by atoms with Gasteiger partial charge in [-0.2, -0.15) is 0 Å². The first-order chi connectivity index (χ1) is 14.3. The average Bonchev–Trinajstić information content (AvgIpc) is 3.28. The van der Waals surface area contributed by atoms with E-state index in [4.69, 9.17) is 4.74 Å². The quantitative estimate of drug-likeness (QED) is 0.524. The highest BCUT2D eigenvalue weighted by Crippen LogP contribution is 2.39. The summed E-state index contributed by atoms with van der Waals surface area (Å²) in [5.74, 6) is 2.03. The van der Waals surface area contributed by atoms with Crippen LogP contribution in [-0.4, -0.2) is 23.1 Å². The van der Waals surface area contributed by atoms with Crippen LogP contribution in [0.25, 0.3) is 0 Å². The molecule has 4 heteroatoms. The van der Waals surface area contributed by atoms with Crippen molar-refractivity contribution in [3.63, 3.8) is 0 Å². The van der Waals surface area contributed by atoms with Gasteiger partial charge in [0.2, 0.25) is 5.91 Å². The fourth-order valence-corrected chi connectivity index (χ4v) is 4.81. The van der Waals surface area contributed by atoms with Crippen molar-refractivity contribution in [2.24, 2.45) is 0 Å². The van der Waals surface area contributed by atoms with Crippen molar-refractivity contribution in [3.8, 4) is 5.75 Å². The summed E-state index contributed by atoms with van der Waals surface area (Å²) in [6.07, 6.45) is 1.33. The lowest BCUT2D eigenvalue weighted by atomic mass is 10.1. The monoisotopic (exact) mass is 403 g/mol. The van der Waals surface area contributed by atoms with E-state index in [1.807, 2.05) is 65.2 Å². The van der Waals surface area contributed by atoms with Crippen molar-refractivity contribution in [1.82, 2.24) is 4.90 Å². The summed E-state index contributed by atoms with van der Waals surface area (Å²) in [7, 11) is 0. The first kappa shape index (κ1) is 19.6. The van der Waals surface area contributed by atoms with Crippen LogP contribution in [0.4, 0.5) is 0 Å². The van der Waals surface area contributed by atoms with Gasteiger partial charge in [0.1, 0.15) is 17.7 Å². The number of hydrogen-bond acceptors (Lipinski definition) is 3. The molecule has 1 fully saturated rings. The van der Waals surface area contributed by atoms with Gasteiger partial charge >= 0.3 is 0 Å². The number of hydrogen-bond donors (Lipinski definition) is 0. The number of amides is 1. The minimum atomic E-state index is 0.0681. The Morgan fingerprint density at radius 1 is 0.931 bits per heavy atom. The third-order valence-electron chi connectivity index (χ3n) is 5.07. The van der Waals surface area contributed by atoms with Gasteiger partial charge in [0, 0.05) is 18.7 Å². The van der Waals surface area contributed by atoms with Crippen molar-refractivity contribution >= 4 is 17.7 Å². The molecule has 0 bridgehead atoms. The maximum atomic E-state index is 12.9. The van der Waals surface area contributed by atoms with Crippen molar-refractivity contribution in [3.05, 3.63) is 102 Å². The maximum Gasteiger partial charge on any atom is 0.224 e. The second-order valence-electron chi connectivity index (χ2n) is 7.14. The Labute approximate surface area is 176 Å². The van der Waals surface area contributed by atoms with Crippen LogP contribution in [0, 0.1) is 0 Å². The SMILES string of the molecule is O=C(CCc1ccccc1)N1CCSC1c1cccc(OCc2ccccc2)c1. The Morgan fingerprint density at radius 3 is 2.41 bits per heavy atom. The molecular weight excluding hydrogens is 378 g/mol. The molecule has 1 amide bonds. The predicted molar refractivity (Wildman–Crippen MR) is 119 cm³/mol. The molecule has 0 aliphatic carbocycles. The minimum Gasteiger partial charge on any atom is -0.489 e. The van der Waals surface area contributed by atoms with Crippen molar-refractivity contribution in [2.45, 2.75) is 24.8 Å². The number of rotatable bonds is 7. The molecule has 0 aromatic heterocycles. The maximum absolute atomic E-state index is 12.9. The van der Waals surface area contributed by atoms with Gasteiger partial charge in [0.15, 0.2) is 0 Å². The number of carbonyl (C=O) groups excluding carboxylic acids is 1. The molecule has 1 aliphatic heterocycles. The summed E-state index contributed by atoms with van der Waals surface area (Å²) in [6.45, 7) is 1.35. The van der Waals surface area contributed by atoms with Gasteiger partial charge < -0.3 is 9.64 Å². The fourth-order valence-electron chi connectivity index (χ4n) is 3.54. The zero-order valence-electron chi connectivity index (χ0n) is 16.4. The van der Waals surface area contributed by atoms with Crippen LogP contribution in [-0.2, 0) is 17.8 Å². The number of nitrogens with zero attached hydrogens (tertiary/aromatic N) is 1. The summed E-state index contributed by atoms with van der Waals surface area (Å²) in [5.41, 5.74) is 3.48. The summed E-state index contributed by atoms with van der Waals surface area (Å²) in [6, 6.07) is 28.5. The predicted octanol–water partition coefficient (Wildman–Crippen LogP) is 5.47. The standard InChI is InChI=1S/C25H25NO2S/c27-24(15-14-20-8-3-1-4-9-20)26-16-17-29-25(26)22-12-7-13-23(18-22)28-19-21-10-5-2-6-11-21/h1-13,18,25H,14-17,19H2. The molecule has 0 radical (unpaired) electrons. The molecule has 1 atom stereocenters. The van der Waals surface area contributed by atoms with Crippen LogP contribution >= 0.6 is 11.8 Å². The van der Waals surface area contributed by atoms with Gasteiger partial charge in [-0.05, 0) is 35.2 Å². The summed E-state index contributed by atoms with van der Waals surface area (Å²) in [4.78, 5) is 14.9. The van der Waals surface area contributed by atoms with Gasteiger partial charge in [-0.3, -0.25) is 4.79 Å². The molecule has 1 heterocycles. The molecule has 1 aliphatic rings. The third-order valence-corrected chi connectivity index (χ3v) is 6.33. The molecule has 0 spiro atoms. The molecule has 29 heavy (non-hydrogen) atoms. The number of ether oxygens (including phenoxy) is 1. The van der Waals surface area contributed by atoms with E-state index in [0.29, 0.717) is 13.0 Å². The largest absolute Gasteiger partial charge is 0.489 e. The molecule has 1 saturated heterocycles. The Bertz CT molecular complexity index is 930. The summed E-state index contributed by atoms with van der Waals surface area (Å²) < 4.78 is 5.98. The van der Waals surface area contributed by atoms with Gasteiger partial charge in [0.05, 0.1) is 0 Å². The van der Waals surface area contributed by atoms with E-state index in [-0.39, 0.29) is 11.3 Å². The van der Waals surface area contributed by atoms with Crippen molar-refractivity contribution in [2.75, 3.05) is 12.3 Å². The topological polar surface area (TPSA) is 29.5 Å². The number of carbonyl (C=O) groups is 1. The van der Waals surface area contributed by atoms with Crippen molar-refractivity contribution < 1.29 is 9.53 Å². The fraction of sp³-hybridized carbons (Fsp3) is 0.240. The van der Waals surface area contributed by atoms with Crippen LogP contribution in [0.5, 0.6) is 5.75 Å². The van der Waals surface area contributed by atoms with Crippen LogP contribution in [0.15, 0.2) is 84.9 Å². The van der Waals surface area contributed by atoms with Crippen molar-refractivity contribution in [1.29, 1.82) is 0 Å². The average molecular weight is 404 g/mol. The van der Waals surface area contributed by atoms with Crippen LogP contribution in [0.3, 0.4) is 0 Å². The zero-order chi connectivity index (χ0) is 19.9. The van der Waals surface area contributed by atoms with Gasteiger partial charge in [-0.1, -0.05) is 72.8 Å². The summed E-state index contributed by atoms with van der Waals surface area (Å²) >= 11 is 1.83. The normalized spacial score (nSPS) is 16.0. The molecule has 3 aromatic rings.